The first kappa shape index (κ1) is 17.2. The second-order valence-corrected chi connectivity index (χ2v) is 6.86. The summed E-state index contributed by atoms with van der Waals surface area (Å²) in [6, 6.07) is 12.1. The van der Waals surface area contributed by atoms with Gasteiger partial charge in [0.25, 0.3) is 0 Å². The Morgan fingerprint density at radius 1 is 1.17 bits per heavy atom. The molecule has 6 nitrogen and oxygen atoms in total. The predicted molar refractivity (Wildman–Crippen MR) is 106 cm³/mol. The molecule has 7 heteroatoms. The first-order valence-corrected chi connectivity index (χ1v) is 9.12. The van der Waals surface area contributed by atoms with E-state index in [1.165, 1.54) is 23.4 Å². The third kappa shape index (κ3) is 2.87. The lowest BCUT2D eigenvalue weighted by Gasteiger charge is -2.09. The number of carboxylic acids is 1. The van der Waals surface area contributed by atoms with Crippen LogP contribution in [-0.4, -0.2) is 30.8 Å². The zero-order chi connectivity index (χ0) is 20.0. The topological polar surface area (TPSA) is 80.9 Å². The molecule has 4 aromatic rings. The van der Waals surface area contributed by atoms with E-state index in [1.54, 1.807) is 18.2 Å². The van der Waals surface area contributed by atoms with E-state index in [4.69, 9.17) is 4.98 Å². The van der Waals surface area contributed by atoms with E-state index in [9.17, 15) is 14.3 Å². The van der Waals surface area contributed by atoms with Gasteiger partial charge in [-0.2, -0.15) is 5.10 Å². The van der Waals surface area contributed by atoms with E-state index in [1.807, 2.05) is 24.3 Å². The molecule has 0 aliphatic heterocycles. The van der Waals surface area contributed by atoms with Crippen molar-refractivity contribution in [1.82, 2.24) is 19.7 Å². The number of rotatable bonds is 3. The van der Waals surface area contributed by atoms with Crippen LogP contribution in [0.25, 0.3) is 28.2 Å². The Labute approximate surface area is 165 Å². The highest BCUT2D eigenvalue weighted by Gasteiger charge is 2.26. The number of hydrogen-bond donors (Lipinski definition) is 1. The number of nitrogens with zero attached hydrogens (tertiary/aromatic N) is 4. The summed E-state index contributed by atoms with van der Waals surface area (Å²) in [5.74, 6) is -1.37. The summed E-state index contributed by atoms with van der Waals surface area (Å²) in [7, 11) is 0. The van der Waals surface area contributed by atoms with Gasteiger partial charge in [-0.1, -0.05) is 24.3 Å². The van der Waals surface area contributed by atoms with Gasteiger partial charge in [-0.05, 0) is 53.8 Å². The van der Waals surface area contributed by atoms with Crippen LogP contribution in [0, 0.1) is 5.82 Å². The minimum atomic E-state index is -0.954. The molecule has 0 fully saturated rings. The number of halogens is 1. The normalized spacial score (nSPS) is 14.4. The van der Waals surface area contributed by atoms with Crippen LogP contribution in [0.4, 0.5) is 4.39 Å². The van der Waals surface area contributed by atoms with Gasteiger partial charge in [0.05, 0.1) is 16.8 Å². The molecule has 0 saturated heterocycles. The van der Waals surface area contributed by atoms with Crippen LogP contribution in [0.15, 0.2) is 55.1 Å². The van der Waals surface area contributed by atoms with Crippen LogP contribution in [0.1, 0.15) is 33.6 Å². The van der Waals surface area contributed by atoms with Gasteiger partial charge in [0.2, 0.25) is 0 Å². The predicted octanol–water partition coefficient (Wildman–Crippen LogP) is 4.14. The maximum atomic E-state index is 14.6. The van der Waals surface area contributed by atoms with Crippen LogP contribution >= 0.6 is 0 Å². The first-order chi connectivity index (χ1) is 14.1. The third-order valence-electron chi connectivity index (χ3n) is 5.13. The number of carbonyl (C=O) groups is 1. The number of carboxylic acid groups (broad SMARTS) is 1. The third-order valence-corrected chi connectivity index (χ3v) is 5.13. The number of benzene rings is 2. The molecule has 0 spiro atoms. The molecule has 1 aliphatic carbocycles. The Morgan fingerprint density at radius 2 is 2.03 bits per heavy atom. The lowest BCUT2D eigenvalue weighted by molar-refractivity contribution is 0.0698. The number of aromatic nitrogens is 4. The van der Waals surface area contributed by atoms with Crippen molar-refractivity contribution in [3.63, 3.8) is 0 Å². The van der Waals surface area contributed by atoms with E-state index in [2.05, 4.69) is 10.1 Å². The monoisotopic (exact) mass is 386 g/mol. The van der Waals surface area contributed by atoms with Crippen LogP contribution in [0.5, 0.6) is 0 Å². The van der Waals surface area contributed by atoms with Crippen molar-refractivity contribution in [2.45, 2.75) is 12.8 Å². The minimum Gasteiger partial charge on any atom is -0.478 e. The molecule has 0 atom stereocenters. The van der Waals surface area contributed by atoms with Crippen molar-refractivity contribution in [1.29, 1.82) is 0 Å². The van der Waals surface area contributed by atoms with E-state index < -0.39 is 11.8 Å². The second kappa shape index (κ2) is 6.63. The summed E-state index contributed by atoms with van der Waals surface area (Å²) in [5.41, 5.74) is 4.27. The Balaban J connectivity index is 1.61. The summed E-state index contributed by atoms with van der Waals surface area (Å²) in [5, 5.41) is 14.4. The highest BCUT2D eigenvalue weighted by Crippen LogP contribution is 2.37. The molecule has 2 aromatic heterocycles. The SMILES string of the molecule is O=C(O)c1c2c(nc3ccccc13)C(=Cc1ccc(-n3cncn3)c(F)c1)CC2. The maximum absolute atomic E-state index is 14.6. The average Bonchev–Trinajstić information content (AvgIpc) is 3.37. The van der Waals surface area contributed by atoms with E-state index in [0.29, 0.717) is 46.3 Å². The average molecular weight is 386 g/mol. The fourth-order valence-electron chi connectivity index (χ4n) is 3.86. The van der Waals surface area contributed by atoms with Gasteiger partial charge in [0.1, 0.15) is 24.2 Å². The molecule has 142 valence electrons. The largest absolute Gasteiger partial charge is 0.478 e. The number of hydrogen-bond acceptors (Lipinski definition) is 4. The molecule has 0 unspecified atom stereocenters. The van der Waals surface area contributed by atoms with Gasteiger partial charge in [-0.15, -0.1) is 0 Å². The van der Waals surface area contributed by atoms with Gasteiger partial charge in [0.15, 0.2) is 0 Å². The summed E-state index contributed by atoms with van der Waals surface area (Å²) in [6.45, 7) is 0. The van der Waals surface area contributed by atoms with Crippen LogP contribution in [0.3, 0.4) is 0 Å². The fraction of sp³-hybridized carbons (Fsp3) is 0.0909. The molecular formula is C22H15FN4O2. The Bertz CT molecular complexity index is 1300. The van der Waals surface area contributed by atoms with Crippen LogP contribution in [-0.2, 0) is 6.42 Å². The molecule has 0 amide bonds. The van der Waals surface area contributed by atoms with Crippen LogP contribution in [0.2, 0.25) is 0 Å². The Kier molecular flexibility index (Phi) is 3.94. The molecule has 5 rings (SSSR count). The van der Waals surface area contributed by atoms with Gasteiger partial charge in [-0.3, -0.25) is 0 Å². The molecule has 2 aromatic carbocycles. The summed E-state index contributed by atoms with van der Waals surface area (Å²) in [6.07, 6.45) is 5.91. The zero-order valence-electron chi connectivity index (χ0n) is 15.2. The Hall–Kier alpha value is -3.87. The van der Waals surface area contributed by atoms with Gasteiger partial charge >= 0.3 is 5.97 Å². The highest BCUT2D eigenvalue weighted by molar-refractivity contribution is 6.06. The van der Waals surface area contributed by atoms with E-state index in [-0.39, 0.29) is 0 Å². The lowest BCUT2D eigenvalue weighted by Crippen LogP contribution is -2.05. The molecule has 2 heterocycles. The van der Waals surface area contributed by atoms with Crippen molar-refractivity contribution in [2.24, 2.45) is 0 Å². The van der Waals surface area contributed by atoms with Crippen LogP contribution < -0.4 is 0 Å². The number of fused-ring (bicyclic) bond motifs is 2. The number of aromatic carboxylic acids is 1. The van der Waals surface area contributed by atoms with Crippen molar-refractivity contribution in [3.05, 3.63) is 83.3 Å². The van der Waals surface area contributed by atoms with Gasteiger partial charge in [0, 0.05) is 5.39 Å². The van der Waals surface area contributed by atoms with Gasteiger partial charge in [-0.25, -0.2) is 23.8 Å². The molecule has 0 bridgehead atoms. The van der Waals surface area contributed by atoms with Crippen molar-refractivity contribution in [3.8, 4) is 5.69 Å². The number of pyridine rings is 1. The number of allylic oxidation sites excluding steroid dienone is 1. The van der Waals surface area contributed by atoms with Crippen molar-refractivity contribution in [2.75, 3.05) is 0 Å². The lowest BCUT2D eigenvalue weighted by atomic mass is 10.0. The summed E-state index contributed by atoms with van der Waals surface area (Å²) < 4.78 is 15.9. The first-order valence-electron chi connectivity index (χ1n) is 9.12. The molecule has 1 aliphatic rings. The number of para-hydroxylation sites is 1. The van der Waals surface area contributed by atoms with E-state index >= 15 is 0 Å². The quantitative estimate of drug-likeness (QED) is 0.572. The second-order valence-electron chi connectivity index (χ2n) is 6.86. The molecule has 0 radical (unpaired) electrons. The maximum Gasteiger partial charge on any atom is 0.336 e. The minimum absolute atomic E-state index is 0.307. The molecule has 0 saturated carbocycles. The zero-order valence-corrected chi connectivity index (χ0v) is 15.2. The summed E-state index contributed by atoms with van der Waals surface area (Å²) in [4.78, 5) is 20.5. The van der Waals surface area contributed by atoms with Gasteiger partial charge < -0.3 is 5.11 Å². The molecule has 29 heavy (non-hydrogen) atoms. The smallest absolute Gasteiger partial charge is 0.336 e. The van der Waals surface area contributed by atoms with Crippen molar-refractivity contribution >= 4 is 28.5 Å². The summed E-state index contributed by atoms with van der Waals surface area (Å²) >= 11 is 0. The fourth-order valence-corrected chi connectivity index (χ4v) is 3.86. The van der Waals surface area contributed by atoms with Crippen molar-refractivity contribution < 1.29 is 14.3 Å². The Morgan fingerprint density at radius 3 is 2.79 bits per heavy atom. The molecule has 1 N–H and O–H groups in total. The standard InChI is InChI=1S/C22H15FN4O2/c23-17-10-13(5-8-19(17)27-12-24-11-25-27)9-14-6-7-16-20(22(28)29)15-3-1-2-4-18(15)26-21(14)16/h1-5,8-12H,6-7H2,(H,28,29). The van der Waals surface area contributed by atoms with E-state index in [0.717, 1.165) is 11.1 Å². The molecular weight excluding hydrogens is 371 g/mol. The highest BCUT2D eigenvalue weighted by atomic mass is 19.1.